The molecule has 0 saturated carbocycles. The fraction of sp³-hybridized carbons (Fsp3) is 0.0952. The first-order chi connectivity index (χ1) is 15.3. The number of thiophene rings is 1. The van der Waals surface area contributed by atoms with E-state index in [0.29, 0.717) is 16.4 Å². The topological polar surface area (TPSA) is 97.2 Å². The minimum Gasteiger partial charge on any atom is -0.264 e. The van der Waals surface area contributed by atoms with Crippen molar-refractivity contribution in [3.8, 4) is 16.4 Å². The fourth-order valence-corrected chi connectivity index (χ4v) is 4.43. The Labute approximate surface area is 188 Å². The second-order valence-electron chi connectivity index (χ2n) is 6.81. The standard InChI is InChI=1S/C21H18FN5O3S2/c1-26(14-15-7-3-2-4-8-15)32(29,30)25-21(28)19-23-20(18-11-6-12-31-18)27(24-19)17-10-5-9-16(22)13-17/h2-13H,14H2,1H3,(H,25,28). The van der Waals surface area contributed by atoms with Gasteiger partial charge in [-0.2, -0.15) is 12.7 Å². The van der Waals surface area contributed by atoms with Crippen LogP contribution in [-0.4, -0.2) is 40.4 Å². The molecule has 0 spiro atoms. The highest BCUT2D eigenvalue weighted by Crippen LogP contribution is 2.26. The van der Waals surface area contributed by atoms with Gasteiger partial charge in [-0.1, -0.05) is 42.5 Å². The van der Waals surface area contributed by atoms with Crippen LogP contribution in [0.15, 0.2) is 72.1 Å². The molecule has 11 heteroatoms. The van der Waals surface area contributed by atoms with Crippen molar-refractivity contribution >= 4 is 27.5 Å². The van der Waals surface area contributed by atoms with E-state index in [1.54, 1.807) is 42.5 Å². The van der Waals surface area contributed by atoms with Crippen LogP contribution in [-0.2, 0) is 16.8 Å². The Morgan fingerprint density at radius 2 is 1.91 bits per heavy atom. The molecule has 8 nitrogen and oxygen atoms in total. The number of carbonyl (C=O) groups excluding carboxylic acids is 1. The van der Waals surface area contributed by atoms with Crippen LogP contribution in [0.5, 0.6) is 0 Å². The van der Waals surface area contributed by atoms with Gasteiger partial charge >= 0.3 is 16.1 Å². The number of rotatable bonds is 7. The van der Waals surface area contributed by atoms with Crippen LogP contribution < -0.4 is 4.72 Å². The molecule has 4 rings (SSSR count). The summed E-state index contributed by atoms with van der Waals surface area (Å²) in [7, 11) is -2.79. The van der Waals surface area contributed by atoms with Crippen molar-refractivity contribution in [2.45, 2.75) is 6.54 Å². The first kappa shape index (κ1) is 21.8. The third kappa shape index (κ3) is 4.74. The zero-order chi connectivity index (χ0) is 22.7. The van der Waals surface area contributed by atoms with Crippen LogP contribution in [0.4, 0.5) is 4.39 Å². The van der Waals surface area contributed by atoms with Crippen molar-refractivity contribution in [2.75, 3.05) is 7.05 Å². The number of benzene rings is 2. The summed E-state index contributed by atoms with van der Waals surface area (Å²) in [5.74, 6) is -1.52. The molecular formula is C21H18FN5O3S2. The average Bonchev–Trinajstić information content (AvgIpc) is 3.44. The van der Waals surface area contributed by atoms with Crippen LogP contribution in [0.2, 0.25) is 0 Å². The van der Waals surface area contributed by atoms with Gasteiger partial charge in [0, 0.05) is 13.6 Å². The lowest BCUT2D eigenvalue weighted by atomic mass is 10.2. The van der Waals surface area contributed by atoms with Crippen LogP contribution in [0, 0.1) is 5.82 Å². The number of carbonyl (C=O) groups is 1. The lowest BCUT2D eigenvalue weighted by Crippen LogP contribution is -2.41. The van der Waals surface area contributed by atoms with Gasteiger partial charge < -0.3 is 0 Å². The van der Waals surface area contributed by atoms with Crippen molar-refractivity contribution in [3.05, 3.63) is 89.3 Å². The fourth-order valence-electron chi connectivity index (χ4n) is 2.93. The molecule has 0 bridgehead atoms. The Morgan fingerprint density at radius 3 is 2.59 bits per heavy atom. The third-order valence-corrected chi connectivity index (χ3v) is 6.74. The molecule has 0 aliphatic heterocycles. The van der Waals surface area contributed by atoms with E-state index in [-0.39, 0.29) is 12.4 Å². The maximum absolute atomic E-state index is 13.8. The number of amides is 1. The van der Waals surface area contributed by atoms with Gasteiger partial charge in [0.05, 0.1) is 10.6 Å². The Morgan fingerprint density at radius 1 is 1.12 bits per heavy atom. The summed E-state index contributed by atoms with van der Waals surface area (Å²) < 4.78 is 43.4. The normalized spacial score (nSPS) is 11.6. The lowest BCUT2D eigenvalue weighted by Gasteiger charge is -2.17. The van der Waals surface area contributed by atoms with Crippen molar-refractivity contribution in [3.63, 3.8) is 0 Å². The molecule has 0 fully saturated rings. The number of hydrogen-bond donors (Lipinski definition) is 1. The van der Waals surface area contributed by atoms with E-state index in [1.165, 1.54) is 41.3 Å². The average molecular weight is 472 g/mol. The van der Waals surface area contributed by atoms with E-state index in [4.69, 9.17) is 0 Å². The van der Waals surface area contributed by atoms with Gasteiger partial charge in [-0.3, -0.25) is 4.79 Å². The number of halogens is 1. The number of aromatic nitrogens is 3. The van der Waals surface area contributed by atoms with E-state index in [9.17, 15) is 17.6 Å². The highest BCUT2D eigenvalue weighted by atomic mass is 32.2. The quantitative estimate of drug-likeness (QED) is 0.446. The highest BCUT2D eigenvalue weighted by molar-refractivity contribution is 7.87. The molecule has 1 N–H and O–H groups in total. The monoisotopic (exact) mass is 471 g/mol. The summed E-state index contributed by atoms with van der Waals surface area (Å²) >= 11 is 1.36. The van der Waals surface area contributed by atoms with Crippen LogP contribution in [0.1, 0.15) is 16.2 Å². The molecule has 32 heavy (non-hydrogen) atoms. The lowest BCUT2D eigenvalue weighted by molar-refractivity contribution is 0.0969. The molecule has 0 aliphatic carbocycles. The smallest absolute Gasteiger partial charge is 0.264 e. The third-order valence-electron chi connectivity index (χ3n) is 4.48. The predicted molar refractivity (Wildman–Crippen MR) is 119 cm³/mol. The van der Waals surface area contributed by atoms with Gasteiger partial charge in [0.15, 0.2) is 5.82 Å². The van der Waals surface area contributed by atoms with Gasteiger partial charge in [0.1, 0.15) is 5.82 Å². The Kier molecular flexibility index (Phi) is 6.12. The Balaban J connectivity index is 1.62. The summed E-state index contributed by atoms with van der Waals surface area (Å²) in [6, 6.07) is 18.2. The summed E-state index contributed by atoms with van der Waals surface area (Å²) in [4.78, 5) is 17.6. The predicted octanol–water partition coefficient (Wildman–Crippen LogP) is 3.24. The molecule has 0 radical (unpaired) electrons. The molecule has 1 amide bonds. The molecule has 164 valence electrons. The van der Waals surface area contributed by atoms with Crippen molar-refractivity contribution < 1.29 is 17.6 Å². The molecular weight excluding hydrogens is 453 g/mol. The van der Waals surface area contributed by atoms with Crippen LogP contribution >= 0.6 is 11.3 Å². The van der Waals surface area contributed by atoms with Crippen molar-refractivity contribution in [2.24, 2.45) is 0 Å². The number of nitrogens with one attached hydrogen (secondary N) is 1. The molecule has 0 aliphatic rings. The van der Waals surface area contributed by atoms with Crippen molar-refractivity contribution in [1.82, 2.24) is 23.8 Å². The summed E-state index contributed by atoms with van der Waals surface area (Å²) in [6.45, 7) is 0.0784. The van der Waals surface area contributed by atoms with E-state index >= 15 is 0 Å². The Bertz CT molecular complexity index is 1340. The zero-order valence-electron chi connectivity index (χ0n) is 16.8. The molecule has 2 aromatic heterocycles. The number of nitrogens with zero attached hydrogens (tertiary/aromatic N) is 4. The maximum Gasteiger partial charge on any atom is 0.305 e. The minimum atomic E-state index is -4.15. The summed E-state index contributed by atoms with van der Waals surface area (Å²) in [5.41, 5.74) is 1.12. The van der Waals surface area contributed by atoms with Gasteiger partial charge in [-0.05, 0) is 35.2 Å². The second kappa shape index (κ2) is 8.99. The van der Waals surface area contributed by atoms with Gasteiger partial charge in [0.2, 0.25) is 5.82 Å². The molecule has 4 aromatic rings. The van der Waals surface area contributed by atoms with E-state index < -0.39 is 21.9 Å². The first-order valence-corrected chi connectivity index (χ1v) is 11.7. The van der Waals surface area contributed by atoms with Crippen LogP contribution in [0.3, 0.4) is 0 Å². The number of hydrogen-bond acceptors (Lipinski definition) is 6. The first-order valence-electron chi connectivity index (χ1n) is 9.43. The van der Waals surface area contributed by atoms with Gasteiger partial charge in [-0.25, -0.2) is 18.8 Å². The van der Waals surface area contributed by atoms with E-state index in [2.05, 4.69) is 10.1 Å². The molecule has 2 heterocycles. The largest absolute Gasteiger partial charge is 0.305 e. The molecule has 0 atom stereocenters. The van der Waals surface area contributed by atoms with Crippen molar-refractivity contribution in [1.29, 1.82) is 0 Å². The van der Waals surface area contributed by atoms with E-state index in [0.717, 1.165) is 9.87 Å². The highest BCUT2D eigenvalue weighted by Gasteiger charge is 2.26. The van der Waals surface area contributed by atoms with Gasteiger partial charge in [-0.15, -0.1) is 16.4 Å². The zero-order valence-corrected chi connectivity index (χ0v) is 18.5. The summed E-state index contributed by atoms with van der Waals surface area (Å²) in [5, 5.41) is 5.98. The molecule has 0 saturated heterocycles. The molecule has 0 unspecified atom stereocenters. The minimum absolute atomic E-state index is 0.0784. The van der Waals surface area contributed by atoms with E-state index in [1.807, 2.05) is 16.2 Å². The molecule has 2 aromatic carbocycles. The maximum atomic E-state index is 13.8. The van der Waals surface area contributed by atoms with Gasteiger partial charge in [0.25, 0.3) is 0 Å². The summed E-state index contributed by atoms with van der Waals surface area (Å²) in [6.07, 6.45) is 0. The second-order valence-corrected chi connectivity index (χ2v) is 9.53. The Hall–Kier alpha value is -3.41. The SMILES string of the molecule is CN(Cc1ccccc1)S(=O)(=O)NC(=O)c1nc(-c2cccs2)n(-c2cccc(F)c2)n1. The van der Waals surface area contributed by atoms with Crippen LogP contribution in [0.25, 0.3) is 16.4 Å².